The Bertz CT molecular complexity index is 1270. The van der Waals surface area contributed by atoms with E-state index < -0.39 is 12.3 Å². The lowest BCUT2D eigenvalue weighted by Gasteiger charge is -2.09. The van der Waals surface area contributed by atoms with E-state index in [2.05, 4.69) is 31.8 Å². The van der Waals surface area contributed by atoms with Crippen LogP contribution in [0.3, 0.4) is 0 Å². The lowest BCUT2D eigenvalue weighted by molar-refractivity contribution is -0.274. The molecule has 0 bridgehead atoms. The molecule has 3 heterocycles. The number of ether oxygens (including phenoxy) is 1. The van der Waals surface area contributed by atoms with Crippen LogP contribution in [-0.2, 0) is 11.8 Å². The topological polar surface area (TPSA) is 86.9 Å². The van der Waals surface area contributed by atoms with Gasteiger partial charge in [0.25, 0.3) is 0 Å². The smallest absolute Gasteiger partial charge is 0.406 e. The minimum atomic E-state index is -4.78. The highest BCUT2D eigenvalue weighted by Gasteiger charge is 2.31. The van der Waals surface area contributed by atoms with Gasteiger partial charge in [-0.3, -0.25) is 9.48 Å². The molecule has 11 heteroatoms. The van der Waals surface area contributed by atoms with Crippen molar-refractivity contribution in [3.8, 4) is 22.7 Å². The lowest BCUT2D eigenvalue weighted by atomic mass is 10.2. The number of carbonyl (C=O) groups is 1. The molecule has 0 atom stereocenters. The second-order valence-electron chi connectivity index (χ2n) is 6.49. The van der Waals surface area contributed by atoms with Crippen LogP contribution < -0.4 is 10.1 Å². The molecule has 0 spiro atoms. The number of amides is 1. The Balaban J connectivity index is 1.82. The van der Waals surface area contributed by atoms with Gasteiger partial charge in [-0.05, 0) is 36.4 Å². The van der Waals surface area contributed by atoms with E-state index in [1.165, 1.54) is 35.1 Å². The van der Waals surface area contributed by atoms with Crippen molar-refractivity contribution in [1.29, 1.82) is 0 Å². The predicted molar refractivity (Wildman–Crippen MR) is 107 cm³/mol. The summed E-state index contributed by atoms with van der Waals surface area (Å²) in [5.41, 5.74) is 2.61. The van der Waals surface area contributed by atoms with Crippen molar-refractivity contribution in [3.63, 3.8) is 0 Å². The Morgan fingerprint density at radius 3 is 2.58 bits per heavy atom. The van der Waals surface area contributed by atoms with Crippen LogP contribution in [0, 0.1) is 0 Å². The first kappa shape index (κ1) is 20.1. The van der Waals surface area contributed by atoms with Gasteiger partial charge in [0.2, 0.25) is 5.91 Å². The number of nitrogens with zero attached hydrogens (tertiary/aromatic N) is 5. The third-order valence-corrected chi connectivity index (χ3v) is 4.27. The van der Waals surface area contributed by atoms with Gasteiger partial charge < -0.3 is 10.1 Å². The van der Waals surface area contributed by atoms with Crippen molar-refractivity contribution in [1.82, 2.24) is 24.5 Å². The monoisotopic (exact) mass is 428 g/mol. The highest BCUT2D eigenvalue weighted by atomic mass is 19.4. The molecular formula is C20H15F3N6O2. The van der Waals surface area contributed by atoms with Crippen molar-refractivity contribution in [3.05, 3.63) is 61.6 Å². The molecule has 1 amide bonds. The molecule has 31 heavy (non-hydrogen) atoms. The minimum absolute atomic E-state index is 0.345. The maximum Gasteiger partial charge on any atom is 0.573 e. The van der Waals surface area contributed by atoms with E-state index in [4.69, 9.17) is 0 Å². The van der Waals surface area contributed by atoms with Crippen molar-refractivity contribution in [2.24, 2.45) is 7.05 Å². The fraction of sp³-hybridized carbons (Fsp3) is 0.100. The molecule has 0 saturated carbocycles. The summed E-state index contributed by atoms with van der Waals surface area (Å²) in [6.07, 6.45) is 1.21. The second-order valence-corrected chi connectivity index (χ2v) is 6.49. The molecular weight excluding hydrogens is 413 g/mol. The van der Waals surface area contributed by atoms with E-state index >= 15 is 0 Å². The molecule has 0 aliphatic rings. The van der Waals surface area contributed by atoms with Crippen LogP contribution in [0.25, 0.3) is 28.0 Å². The molecule has 8 nitrogen and oxygen atoms in total. The summed E-state index contributed by atoms with van der Waals surface area (Å²) < 4.78 is 44.3. The van der Waals surface area contributed by atoms with Gasteiger partial charge in [0.15, 0.2) is 5.65 Å². The summed E-state index contributed by atoms with van der Waals surface area (Å²) in [5.74, 6) is -0.737. The van der Waals surface area contributed by atoms with Gasteiger partial charge in [0, 0.05) is 24.2 Å². The first-order chi connectivity index (χ1) is 14.7. The van der Waals surface area contributed by atoms with Gasteiger partial charge in [0.1, 0.15) is 11.4 Å². The van der Waals surface area contributed by atoms with Gasteiger partial charge in [-0.25, -0.2) is 9.67 Å². The predicted octanol–water partition coefficient (Wildman–Crippen LogP) is 3.84. The number of fused-ring (bicyclic) bond motifs is 1. The lowest BCUT2D eigenvalue weighted by Crippen LogP contribution is -2.17. The third-order valence-electron chi connectivity index (χ3n) is 4.27. The van der Waals surface area contributed by atoms with Crippen molar-refractivity contribution in [2.75, 3.05) is 5.32 Å². The number of hydrogen-bond acceptors (Lipinski definition) is 5. The molecule has 4 aromatic rings. The highest BCUT2D eigenvalue weighted by Crippen LogP contribution is 2.31. The average molecular weight is 428 g/mol. The number of pyridine rings is 1. The van der Waals surface area contributed by atoms with Gasteiger partial charge in [-0.1, -0.05) is 6.58 Å². The summed E-state index contributed by atoms with van der Waals surface area (Å²) >= 11 is 0. The van der Waals surface area contributed by atoms with Crippen LogP contribution in [-0.4, -0.2) is 36.8 Å². The molecule has 4 rings (SSSR count). The number of benzene rings is 1. The minimum Gasteiger partial charge on any atom is -0.406 e. The van der Waals surface area contributed by atoms with Crippen molar-refractivity contribution in [2.45, 2.75) is 6.36 Å². The summed E-state index contributed by atoms with van der Waals surface area (Å²) in [5, 5.41) is 12.0. The van der Waals surface area contributed by atoms with Crippen molar-refractivity contribution < 1.29 is 22.7 Å². The second kappa shape index (κ2) is 7.59. The quantitative estimate of drug-likeness (QED) is 0.488. The van der Waals surface area contributed by atoms with Crippen LogP contribution in [0.4, 0.5) is 18.9 Å². The number of alkyl halides is 3. The van der Waals surface area contributed by atoms with E-state index in [1.54, 1.807) is 30.2 Å². The summed E-state index contributed by atoms with van der Waals surface area (Å²) in [4.78, 5) is 16.0. The first-order valence-electron chi connectivity index (χ1n) is 8.91. The SMILES string of the molecule is C=CC(=O)Nc1cnc2c(c1)c(-c1cnn(C)c1)nn2-c1ccc(OC(F)(F)F)cc1. The van der Waals surface area contributed by atoms with E-state index in [1.807, 2.05) is 0 Å². The number of halogens is 3. The van der Waals surface area contributed by atoms with Crippen molar-refractivity contribution >= 4 is 22.6 Å². The highest BCUT2D eigenvalue weighted by molar-refractivity contribution is 6.01. The number of hydrogen-bond donors (Lipinski definition) is 1. The molecule has 1 aromatic carbocycles. The zero-order valence-electron chi connectivity index (χ0n) is 16.1. The normalized spacial score (nSPS) is 11.5. The molecule has 0 aliphatic carbocycles. The van der Waals surface area contributed by atoms with Crippen LogP contribution in [0.2, 0.25) is 0 Å². The maximum atomic E-state index is 12.4. The first-order valence-corrected chi connectivity index (χ1v) is 8.91. The van der Waals surface area contributed by atoms with E-state index in [0.717, 1.165) is 6.08 Å². The molecule has 0 aliphatic heterocycles. The Labute approximate surface area is 173 Å². The molecule has 0 unspecified atom stereocenters. The Hall–Kier alpha value is -4.15. The molecule has 0 fully saturated rings. The molecule has 158 valence electrons. The van der Waals surface area contributed by atoms with Gasteiger partial charge in [-0.2, -0.15) is 10.2 Å². The fourth-order valence-electron chi connectivity index (χ4n) is 2.99. The molecule has 3 aromatic heterocycles. The molecule has 1 N–H and O–H groups in total. The zero-order valence-corrected chi connectivity index (χ0v) is 16.1. The number of nitrogens with one attached hydrogen (secondary N) is 1. The molecule has 0 radical (unpaired) electrons. The number of aromatic nitrogens is 5. The van der Waals surface area contributed by atoms with E-state index in [-0.39, 0.29) is 5.75 Å². The van der Waals surface area contributed by atoms with Crippen LogP contribution in [0.5, 0.6) is 5.75 Å². The standard InChI is InChI=1S/C20H15F3N6O2/c1-3-17(30)26-13-8-16-18(12-9-25-28(2)11-12)27-29(19(16)24-10-13)14-4-6-15(7-5-14)31-20(21,22)23/h3-11H,1H2,2H3,(H,26,30). The number of anilines is 1. The summed E-state index contributed by atoms with van der Waals surface area (Å²) in [6.45, 7) is 3.42. The summed E-state index contributed by atoms with van der Waals surface area (Å²) in [7, 11) is 1.76. The third kappa shape index (κ3) is 4.25. The Morgan fingerprint density at radius 1 is 1.23 bits per heavy atom. The van der Waals surface area contributed by atoms with E-state index in [9.17, 15) is 18.0 Å². The zero-order chi connectivity index (χ0) is 22.2. The Kier molecular flexibility index (Phi) is 4.93. The number of aryl methyl sites for hydroxylation is 1. The van der Waals surface area contributed by atoms with Gasteiger partial charge in [-0.15, -0.1) is 13.2 Å². The van der Waals surface area contributed by atoms with Crippen LogP contribution in [0.15, 0.2) is 61.6 Å². The van der Waals surface area contributed by atoms with Gasteiger partial charge in [0.05, 0.1) is 23.8 Å². The van der Waals surface area contributed by atoms with Crippen LogP contribution in [0.1, 0.15) is 0 Å². The number of rotatable bonds is 5. The van der Waals surface area contributed by atoms with Gasteiger partial charge >= 0.3 is 6.36 Å². The average Bonchev–Trinajstić information content (AvgIpc) is 3.30. The fourth-order valence-corrected chi connectivity index (χ4v) is 2.99. The number of carbonyl (C=O) groups excluding carboxylic acids is 1. The Morgan fingerprint density at radius 2 is 1.97 bits per heavy atom. The molecule has 0 saturated heterocycles. The maximum absolute atomic E-state index is 12.4. The van der Waals surface area contributed by atoms with Crippen LogP contribution >= 0.6 is 0 Å². The van der Waals surface area contributed by atoms with E-state index in [0.29, 0.717) is 33.7 Å². The summed E-state index contributed by atoms with van der Waals surface area (Å²) in [6, 6.07) is 6.97. The largest absolute Gasteiger partial charge is 0.573 e.